The second kappa shape index (κ2) is 7.06. The minimum Gasteiger partial charge on any atom is -0.353 e. The van der Waals surface area contributed by atoms with E-state index in [1.807, 2.05) is 51.4 Å². The fraction of sp³-hybridized carbons (Fsp3) is 0.500. The van der Waals surface area contributed by atoms with Gasteiger partial charge in [-0.3, -0.25) is 14.3 Å². The number of aryl methyl sites for hydroxylation is 1. The largest absolute Gasteiger partial charge is 0.353 e. The van der Waals surface area contributed by atoms with Crippen LogP contribution in [0.2, 0.25) is 0 Å². The summed E-state index contributed by atoms with van der Waals surface area (Å²) >= 11 is 0. The van der Waals surface area contributed by atoms with E-state index in [2.05, 4.69) is 20.3 Å². The van der Waals surface area contributed by atoms with Crippen LogP contribution in [0.1, 0.15) is 48.1 Å². The lowest BCUT2D eigenvalue weighted by Gasteiger charge is -2.18. The Morgan fingerprint density at radius 1 is 1.28 bits per heavy atom. The van der Waals surface area contributed by atoms with Crippen molar-refractivity contribution in [1.29, 1.82) is 0 Å². The van der Waals surface area contributed by atoms with Crippen LogP contribution in [0.25, 0.3) is 5.65 Å². The fourth-order valence-corrected chi connectivity index (χ4v) is 4.06. The van der Waals surface area contributed by atoms with E-state index in [4.69, 9.17) is 0 Å². The van der Waals surface area contributed by atoms with Crippen LogP contribution in [0.5, 0.6) is 0 Å². The molecule has 1 saturated heterocycles. The molecule has 1 amide bonds. The van der Waals surface area contributed by atoms with Crippen LogP contribution in [0.15, 0.2) is 23.1 Å². The average molecular weight is 397 g/mol. The molecule has 0 radical (unpaired) electrons. The third-order valence-corrected chi connectivity index (χ3v) is 5.67. The fourth-order valence-electron chi connectivity index (χ4n) is 4.06. The number of hydrogen-bond acceptors (Lipinski definition) is 5. The van der Waals surface area contributed by atoms with E-state index in [1.165, 1.54) is 0 Å². The monoisotopic (exact) mass is 397 g/mol. The zero-order valence-corrected chi connectivity index (χ0v) is 17.5. The molecule has 4 heterocycles. The second-order valence-corrected chi connectivity index (χ2v) is 7.99. The topological polar surface area (TPSA) is 89.5 Å². The summed E-state index contributed by atoms with van der Waals surface area (Å²) in [5.74, 6) is 0.552. The number of fused-ring (bicyclic) bond motifs is 1. The zero-order chi connectivity index (χ0) is 20.9. The number of rotatable bonds is 4. The van der Waals surface area contributed by atoms with E-state index in [0.717, 1.165) is 30.1 Å². The molecule has 0 aliphatic carbocycles. The van der Waals surface area contributed by atoms with Crippen molar-refractivity contribution in [1.82, 2.24) is 29.3 Å². The SMILES string of the molecule is Cc1c(C(=O)N[C@H]2CCN(c3ccc4ncc(C)n4n3)C2)c(=O)n(C(C)C)n1C. The molecular weight excluding hydrogens is 370 g/mol. The van der Waals surface area contributed by atoms with Gasteiger partial charge in [-0.25, -0.2) is 14.2 Å². The Hall–Kier alpha value is -3.10. The van der Waals surface area contributed by atoms with Crippen LogP contribution in [-0.4, -0.2) is 49.0 Å². The lowest BCUT2D eigenvalue weighted by Crippen LogP contribution is -2.39. The van der Waals surface area contributed by atoms with Gasteiger partial charge in [0.2, 0.25) is 0 Å². The van der Waals surface area contributed by atoms with Gasteiger partial charge < -0.3 is 10.2 Å². The van der Waals surface area contributed by atoms with Crippen molar-refractivity contribution < 1.29 is 4.79 Å². The smallest absolute Gasteiger partial charge is 0.280 e. The van der Waals surface area contributed by atoms with Crippen molar-refractivity contribution in [3.8, 4) is 0 Å². The standard InChI is InChI=1S/C20H27N7O2/c1-12(2)27-20(29)18(14(4)24(27)5)19(28)22-15-8-9-25(11-15)17-7-6-16-21-10-13(3)26(16)23-17/h6-7,10,12,15H,8-9,11H2,1-5H3,(H,22,28)/t15-/m0/s1. The molecule has 154 valence electrons. The lowest BCUT2D eigenvalue weighted by atomic mass is 10.2. The van der Waals surface area contributed by atoms with Crippen molar-refractivity contribution in [3.63, 3.8) is 0 Å². The third-order valence-electron chi connectivity index (χ3n) is 5.67. The van der Waals surface area contributed by atoms with Gasteiger partial charge in [0.25, 0.3) is 11.5 Å². The van der Waals surface area contributed by atoms with Gasteiger partial charge in [0, 0.05) is 37.9 Å². The molecular formula is C20H27N7O2. The number of aromatic nitrogens is 5. The highest BCUT2D eigenvalue weighted by Crippen LogP contribution is 2.19. The molecule has 3 aromatic heterocycles. The molecule has 0 spiro atoms. The minimum atomic E-state index is -0.303. The van der Waals surface area contributed by atoms with Crippen LogP contribution in [0.3, 0.4) is 0 Å². The molecule has 29 heavy (non-hydrogen) atoms. The molecule has 1 fully saturated rings. The van der Waals surface area contributed by atoms with Gasteiger partial charge >= 0.3 is 0 Å². The number of hydrogen-bond donors (Lipinski definition) is 1. The van der Waals surface area contributed by atoms with E-state index < -0.39 is 0 Å². The number of carbonyl (C=O) groups is 1. The summed E-state index contributed by atoms with van der Waals surface area (Å²) in [6.45, 7) is 9.09. The highest BCUT2D eigenvalue weighted by atomic mass is 16.2. The molecule has 0 aromatic carbocycles. The number of anilines is 1. The zero-order valence-electron chi connectivity index (χ0n) is 17.5. The Labute approximate surface area is 168 Å². The number of nitrogens with zero attached hydrogens (tertiary/aromatic N) is 6. The van der Waals surface area contributed by atoms with E-state index in [0.29, 0.717) is 12.2 Å². The maximum atomic E-state index is 12.9. The Morgan fingerprint density at radius 3 is 2.72 bits per heavy atom. The summed E-state index contributed by atoms with van der Waals surface area (Å²) in [6.07, 6.45) is 2.60. The summed E-state index contributed by atoms with van der Waals surface area (Å²) in [4.78, 5) is 32.1. The minimum absolute atomic E-state index is 0.0117. The number of amides is 1. The summed E-state index contributed by atoms with van der Waals surface area (Å²) < 4.78 is 5.19. The van der Waals surface area contributed by atoms with Gasteiger partial charge in [0.15, 0.2) is 5.65 Å². The van der Waals surface area contributed by atoms with Gasteiger partial charge in [-0.1, -0.05) is 0 Å². The first kappa shape index (κ1) is 19.2. The summed E-state index contributed by atoms with van der Waals surface area (Å²) in [7, 11) is 1.81. The van der Waals surface area contributed by atoms with Crippen molar-refractivity contribution in [2.75, 3.05) is 18.0 Å². The van der Waals surface area contributed by atoms with Crippen molar-refractivity contribution in [2.45, 2.75) is 46.2 Å². The quantitative estimate of drug-likeness (QED) is 0.720. The summed E-state index contributed by atoms with van der Waals surface area (Å²) in [5, 5.41) is 7.71. The molecule has 3 aromatic rings. The Bertz CT molecular complexity index is 1140. The molecule has 9 nitrogen and oxygen atoms in total. The molecule has 1 N–H and O–H groups in total. The molecule has 9 heteroatoms. The Kier molecular flexibility index (Phi) is 4.68. The number of imidazole rings is 1. The van der Waals surface area contributed by atoms with E-state index in [9.17, 15) is 9.59 Å². The van der Waals surface area contributed by atoms with Crippen LogP contribution >= 0.6 is 0 Å². The lowest BCUT2D eigenvalue weighted by molar-refractivity contribution is 0.0938. The highest BCUT2D eigenvalue weighted by molar-refractivity contribution is 5.95. The predicted octanol–water partition coefficient (Wildman–Crippen LogP) is 1.44. The van der Waals surface area contributed by atoms with Crippen LogP contribution in [0.4, 0.5) is 5.82 Å². The number of carbonyl (C=O) groups excluding carboxylic acids is 1. The first-order chi connectivity index (χ1) is 13.8. The normalized spacial score (nSPS) is 16.9. The second-order valence-electron chi connectivity index (χ2n) is 7.99. The third kappa shape index (κ3) is 3.20. The first-order valence-corrected chi connectivity index (χ1v) is 9.93. The van der Waals surface area contributed by atoms with Gasteiger partial charge in [-0.15, -0.1) is 5.10 Å². The van der Waals surface area contributed by atoms with Gasteiger partial charge in [0.05, 0.1) is 11.9 Å². The van der Waals surface area contributed by atoms with E-state index >= 15 is 0 Å². The van der Waals surface area contributed by atoms with Crippen molar-refractivity contribution in [3.05, 3.63) is 45.6 Å². The van der Waals surface area contributed by atoms with Crippen molar-refractivity contribution in [2.24, 2.45) is 7.05 Å². The van der Waals surface area contributed by atoms with E-state index in [1.54, 1.807) is 15.6 Å². The van der Waals surface area contributed by atoms with Gasteiger partial charge in [0.1, 0.15) is 11.4 Å². The molecule has 1 aliphatic rings. The Morgan fingerprint density at radius 2 is 2.03 bits per heavy atom. The van der Waals surface area contributed by atoms with E-state index in [-0.39, 0.29) is 29.1 Å². The molecule has 0 saturated carbocycles. The van der Waals surface area contributed by atoms with Crippen LogP contribution in [-0.2, 0) is 7.05 Å². The molecule has 0 unspecified atom stereocenters. The Balaban J connectivity index is 1.50. The predicted molar refractivity (Wildman–Crippen MR) is 111 cm³/mol. The van der Waals surface area contributed by atoms with Gasteiger partial charge in [-0.05, 0) is 46.2 Å². The molecule has 4 rings (SSSR count). The maximum Gasteiger partial charge on any atom is 0.280 e. The molecule has 0 bridgehead atoms. The molecule has 1 atom stereocenters. The highest BCUT2D eigenvalue weighted by Gasteiger charge is 2.29. The van der Waals surface area contributed by atoms with Gasteiger partial charge in [-0.2, -0.15) is 0 Å². The average Bonchev–Trinajstić information content (AvgIpc) is 3.33. The van der Waals surface area contributed by atoms with Crippen LogP contribution in [0, 0.1) is 13.8 Å². The van der Waals surface area contributed by atoms with Crippen molar-refractivity contribution >= 4 is 17.4 Å². The summed E-state index contributed by atoms with van der Waals surface area (Å²) in [6, 6.07) is 3.86. The number of nitrogens with one attached hydrogen (secondary N) is 1. The first-order valence-electron chi connectivity index (χ1n) is 9.93. The summed E-state index contributed by atoms with van der Waals surface area (Å²) in [5.41, 5.74) is 2.46. The maximum absolute atomic E-state index is 12.9. The van der Waals surface area contributed by atoms with Crippen LogP contribution < -0.4 is 15.8 Å². The molecule has 1 aliphatic heterocycles.